The first-order valence-corrected chi connectivity index (χ1v) is 8.56. The van der Waals surface area contributed by atoms with Crippen molar-refractivity contribution in [3.8, 4) is 0 Å². The van der Waals surface area contributed by atoms with Gasteiger partial charge in [-0.25, -0.2) is 0 Å². The van der Waals surface area contributed by atoms with Gasteiger partial charge in [0.1, 0.15) is 5.25 Å². The summed E-state index contributed by atoms with van der Waals surface area (Å²) in [4.78, 5) is 14.8. The van der Waals surface area contributed by atoms with Gasteiger partial charge in [-0.15, -0.1) is 11.8 Å². The smallest absolute Gasteiger partial charge is 0.240 e. The molecular formula is C16H24N2OS. The van der Waals surface area contributed by atoms with Gasteiger partial charge in [-0.2, -0.15) is 0 Å². The Morgan fingerprint density at radius 3 is 2.85 bits per heavy atom. The van der Waals surface area contributed by atoms with Gasteiger partial charge < -0.3 is 10.2 Å². The largest absolute Gasteiger partial charge is 0.341 e. The highest BCUT2D eigenvalue weighted by atomic mass is 32.2. The van der Waals surface area contributed by atoms with Gasteiger partial charge in [0.25, 0.3) is 0 Å². The Labute approximate surface area is 126 Å². The summed E-state index contributed by atoms with van der Waals surface area (Å²) in [6.45, 7) is 2.80. The van der Waals surface area contributed by atoms with Crippen molar-refractivity contribution in [1.29, 1.82) is 0 Å². The molecule has 20 heavy (non-hydrogen) atoms. The molecule has 0 radical (unpaired) electrons. The first kappa shape index (κ1) is 15.4. The van der Waals surface area contributed by atoms with Crippen molar-refractivity contribution in [3.63, 3.8) is 0 Å². The molecule has 1 aromatic carbocycles. The number of rotatable bonds is 5. The molecule has 3 nitrogen and oxygen atoms in total. The number of benzene rings is 1. The Morgan fingerprint density at radius 1 is 1.45 bits per heavy atom. The van der Waals surface area contributed by atoms with Crippen LogP contribution in [0.3, 0.4) is 0 Å². The van der Waals surface area contributed by atoms with Gasteiger partial charge in [0.15, 0.2) is 0 Å². The Hall–Kier alpha value is -1.00. The quantitative estimate of drug-likeness (QED) is 0.905. The van der Waals surface area contributed by atoms with E-state index in [1.165, 1.54) is 6.42 Å². The van der Waals surface area contributed by atoms with E-state index >= 15 is 0 Å². The molecule has 1 saturated heterocycles. The van der Waals surface area contributed by atoms with E-state index in [0.29, 0.717) is 5.92 Å². The summed E-state index contributed by atoms with van der Waals surface area (Å²) in [5, 5.41) is 3.16. The molecule has 4 heteroatoms. The topological polar surface area (TPSA) is 32.3 Å². The minimum absolute atomic E-state index is 0.0652. The Bertz CT molecular complexity index is 422. The molecule has 1 aliphatic heterocycles. The summed E-state index contributed by atoms with van der Waals surface area (Å²) in [5.41, 5.74) is 1.11. The highest BCUT2D eigenvalue weighted by Crippen LogP contribution is 2.30. The highest BCUT2D eigenvalue weighted by Gasteiger charge is 2.29. The average Bonchev–Trinajstić information content (AvgIpc) is 2.50. The van der Waals surface area contributed by atoms with Crippen molar-refractivity contribution in [1.82, 2.24) is 10.2 Å². The zero-order valence-corrected chi connectivity index (χ0v) is 13.2. The molecule has 0 bridgehead atoms. The van der Waals surface area contributed by atoms with Crippen molar-refractivity contribution >= 4 is 17.7 Å². The summed E-state index contributed by atoms with van der Waals surface area (Å²) in [5.74, 6) is 0.862. The van der Waals surface area contributed by atoms with Gasteiger partial charge in [-0.05, 0) is 44.2 Å². The molecule has 2 unspecified atom stereocenters. The van der Waals surface area contributed by atoms with E-state index in [0.717, 1.165) is 31.6 Å². The van der Waals surface area contributed by atoms with Crippen molar-refractivity contribution in [2.45, 2.75) is 18.1 Å². The minimum Gasteiger partial charge on any atom is -0.341 e. The number of thioether (sulfide) groups is 1. The minimum atomic E-state index is -0.0652. The molecule has 0 spiro atoms. The second-order valence-electron chi connectivity index (χ2n) is 5.38. The maximum Gasteiger partial charge on any atom is 0.240 e. The summed E-state index contributed by atoms with van der Waals surface area (Å²) >= 11 is 1.63. The van der Waals surface area contributed by atoms with E-state index < -0.39 is 0 Å². The third kappa shape index (κ3) is 3.76. The van der Waals surface area contributed by atoms with Crippen LogP contribution in [0.5, 0.6) is 0 Å². The predicted octanol–water partition coefficient (Wildman–Crippen LogP) is 2.55. The molecule has 0 aliphatic carbocycles. The maximum absolute atomic E-state index is 12.8. The van der Waals surface area contributed by atoms with Crippen molar-refractivity contribution < 1.29 is 4.79 Å². The van der Waals surface area contributed by atoms with E-state index in [1.54, 1.807) is 11.8 Å². The van der Waals surface area contributed by atoms with Gasteiger partial charge in [0.2, 0.25) is 5.91 Å². The lowest BCUT2D eigenvalue weighted by Gasteiger charge is -2.34. The van der Waals surface area contributed by atoms with Crippen molar-refractivity contribution in [2.24, 2.45) is 5.92 Å². The Morgan fingerprint density at radius 2 is 2.20 bits per heavy atom. The molecule has 1 aliphatic rings. The average molecular weight is 292 g/mol. The molecule has 1 N–H and O–H groups in total. The van der Waals surface area contributed by atoms with Crippen LogP contribution in [0.1, 0.15) is 23.7 Å². The molecule has 1 heterocycles. The molecule has 1 aromatic rings. The van der Waals surface area contributed by atoms with Crippen LogP contribution in [0.4, 0.5) is 0 Å². The second kappa shape index (κ2) is 7.70. The van der Waals surface area contributed by atoms with Gasteiger partial charge in [-0.3, -0.25) is 4.79 Å². The van der Waals surface area contributed by atoms with E-state index in [4.69, 9.17) is 0 Å². The van der Waals surface area contributed by atoms with Crippen LogP contribution in [0.25, 0.3) is 0 Å². The van der Waals surface area contributed by atoms with Gasteiger partial charge in [0.05, 0.1) is 0 Å². The lowest BCUT2D eigenvalue weighted by atomic mass is 9.97. The van der Waals surface area contributed by atoms with Crippen LogP contribution in [-0.2, 0) is 4.79 Å². The SMILES string of the molecule is CNCC1CCCN(C(=O)C(SC)c2ccccc2)C1. The fourth-order valence-corrected chi connectivity index (χ4v) is 3.67. The zero-order valence-electron chi connectivity index (χ0n) is 12.3. The number of piperidine rings is 1. The Kier molecular flexibility index (Phi) is 5.92. The molecule has 0 saturated carbocycles. The van der Waals surface area contributed by atoms with Crippen LogP contribution in [-0.4, -0.2) is 43.7 Å². The van der Waals surface area contributed by atoms with Crippen molar-refractivity contribution in [2.75, 3.05) is 32.9 Å². The first-order chi connectivity index (χ1) is 9.76. The second-order valence-corrected chi connectivity index (χ2v) is 6.32. The van der Waals surface area contributed by atoms with E-state index in [2.05, 4.69) is 10.2 Å². The zero-order chi connectivity index (χ0) is 14.4. The summed E-state index contributed by atoms with van der Waals surface area (Å²) in [6, 6.07) is 10.1. The van der Waals surface area contributed by atoms with Crippen molar-refractivity contribution in [3.05, 3.63) is 35.9 Å². The molecule has 2 atom stereocenters. The van der Waals surface area contributed by atoms with Crippen LogP contribution in [0.2, 0.25) is 0 Å². The summed E-state index contributed by atoms with van der Waals surface area (Å²) in [6.07, 6.45) is 4.36. The van der Waals surface area contributed by atoms with Gasteiger partial charge in [-0.1, -0.05) is 30.3 Å². The van der Waals surface area contributed by atoms with E-state index in [9.17, 15) is 4.79 Å². The van der Waals surface area contributed by atoms with Gasteiger partial charge in [0, 0.05) is 13.1 Å². The maximum atomic E-state index is 12.8. The number of hydrogen-bond donors (Lipinski definition) is 1. The molecule has 2 rings (SSSR count). The van der Waals surface area contributed by atoms with E-state index in [1.807, 2.05) is 43.6 Å². The number of nitrogens with zero attached hydrogens (tertiary/aromatic N) is 1. The highest BCUT2D eigenvalue weighted by molar-refractivity contribution is 7.99. The molecular weight excluding hydrogens is 268 g/mol. The normalized spacial score (nSPS) is 20.7. The number of likely N-dealkylation sites (tertiary alicyclic amines) is 1. The third-order valence-electron chi connectivity index (χ3n) is 3.89. The first-order valence-electron chi connectivity index (χ1n) is 7.27. The van der Waals surface area contributed by atoms with Crippen LogP contribution < -0.4 is 5.32 Å². The van der Waals surface area contributed by atoms with Gasteiger partial charge >= 0.3 is 0 Å². The summed E-state index contributed by atoms with van der Waals surface area (Å²) in [7, 11) is 1.98. The lowest BCUT2D eigenvalue weighted by molar-refractivity contribution is -0.132. The standard InChI is InChI=1S/C16H24N2OS/c1-17-11-13-7-6-10-18(12-13)16(19)15(20-2)14-8-4-3-5-9-14/h3-5,8-9,13,15,17H,6-7,10-12H2,1-2H3. The monoisotopic (exact) mass is 292 g/mol. The lowest BCUT2D eigenvalue weighted by Crippen LogP contribution is -2.44. The Balaban J connectivity index is 2.05. The third-order valence-corrected chi connectivity index (χ3v) is 4.83. The number of carbonyl (C=O) groups is 1. The number of carbonyl (C=O) groups excluding carboxylic acids is 1. The van der Waals surface area contributed by atoms with Crippen LogP contribution in [0, 0.1) is 5.92 Å². The number of nitrogens with one attached hydrogen (secondary N) is 1. The fraction of sp³-hybridized carbons (Fsp3) is 0.562. The number of hydrogen-bond acceptors (Lipinski definition) is 3. The van der Waals surface area contributed by atoms with E-state index in [-0.39, 0.29) is 11.2 Å². The fourth-order valence-electron chi connectivity index (χ4n) is 2.89. The van der Waals surface area contributed by atoms with Crippen LogP contribution in [0.15, 0.2) is 30.3 Å². The summed E-state index contributed by atoms with van der Waals surface area (Å²) < 4.78 is 0. The van der Waals surface area contributed by atoms with Crippen LogP contribution >= 0.6 is 11.8 Å². The molecule has 110 valence electrons. The molecule has 0 aromatic heterocycles. The molecule has 1 fully saturated rings. The number of amides is 1. The molecule has 1 amide bonds. The predicted molar refractivity (Wildman–Crippen MR) is 85.9 cm³/mol.